The molecule has 4 N–H and O–H groups in total. The molecule has 0 spiro atoms. The van der Waals surface area contributed by atoms with Gasteiger partial charge < -0.3 is 25.2 Å². The number of aryl methyl sites for hydroxylation is 1. The van der Waals surface area contributed by atoms with Crippen LogP contribution in [0.1, 0.15) is 23.8 Å². The first-order chi connectivity index (χ1) is 9.01. The van der Waals surface area contributed by atoms with Crippen molar-refractivity contribution in [3.8, 4) is 0 Å². The van der Waals surface area contributed by atoms with Gasteiger partial charge in [0.05, 0.1) is 24.8 Å². The van der Waals surface area contributed by atoms with Crippen LogP contribution in [0.4, 0.5) is 0 Å². The second kappa shape index (κ2) is 6.91. The Bertz CT molecular complexity index is 421. The summed E-state index contributed by atoms with van der Waals surface area (Å²) in [4.78, 5) is 12.1. The lowest BCUT2D eigenvalue weighted by molar-refractivity contribution is 0.0371. The Morgan fingerprint density at radius 3 is 2.42 bits per heavy atom. The molecule has 6 nitrogen and oxygen atoms in total. The molecule has 0 aliphatic carbocycles. The molecule has 0 aliphatic rings. The molecule has 0 aromatic carbocycles. The monoisotopic (exact) mass is 290 g/mol. The third kappa shape index (κ3) is 3.70. The van der Waals surface area contributed by atoms with Gasteiger partial charge in [0, 0.05) is 12.7 Å². The third-order valence-electron chi connectivity index (χ3n) is 2.85. The summed E-state index contributed by atoms with van der Waals surface area (Å²) in [7, 11) is 0. The molecular weight excluding hydrogens is 272 g/mol. The fraction of sp³-hybridized carbons (Fsp3) is 0.583. The lowest BCUT2D eigenvalue weighted by Gasteiger charge is -2.28. The van der Waals surface area contributed by atoms with Gasteiger partial charge in [-0.15, -0.1) is 0 Å². The molecule has 1 heterocycles. The number of rotatable bonds is 7. The minimum atomic E-state index is -1.44. The number of carbonyl (C=O) groups excluding carboxylic acids is 1. The normalized spacial score (nSPS) is 11.6. The number of hydrogen-bond donors (Lipinski definition) is 4. The van der Waals surface area contributed by atoms with E-state index in [-0.39, 0.29) is 0 Å². The van der Waals surface area contributed by atoms with Crippen LogP contribution in [0.25, 0.3) is 0 Å². The molecule has 0 bridgehead atoms. The largest absolute Gasteiger partial charge is 0.394 e. The second-order valence-corrected chi connectivity index (χ2v) is 4.88. The smallest absolute Gasteiger partial charge is 0.268 e. The number of aliphatic hydroxyl groups excluding tert-OH is 3. The molecule has 1 amide bonds. The van der Waals surface area contributed by atoms with Crippen molar-refractivity contribution in [1.29, 1.82) is 0 Å². The van der Waals surface area contributed by atoms with E-state index in [4.69, 9.17) is 11.6 Å². The Hall–Kier alpha value is -1.08. The molecule has 0 unspecified atom stereocenters. The van der Waals surface area contributed by atoms with Crippen LogP contribution in [-0.4, -0.2) is 51.2 Å². The van der Waals surface area contributed by atoms with Crippen molar-refractivity contribution in [2.75, 3.05) is 19.8 Å². The number of aromatic nitrogens is 1. The Labute approximate surface area is 116 Å². The zero-order valence-electron chi connectivity index (χ0n) is 10.8. The fourth-order valence-corrected chi connectivity index (χ4v) is 1.89. The molecule has 0 aliphatic heterocycles. The summed E-state index contributed by atoms with van der Waals surface area (Å²) in [5, 5.41) is 30.4. The first-order valence-electron chi connectivity index (χ1n) is 6.02. The van der Waals surface area contributed by atoms with Crippen LogP contribution in [0.5, 0.6) is 0 Å². The molecule has 1 rings (SSSR count). The lowest BCUT2D eigenvalue weighted by Crippen LogP contribution is -2.57. The van der Waals surface area contributed by atoms with Gasteiger partial charge >= 0.3 is 0 Å². The average Bonchev–Trinajstić information content (AvgIpc) is 2.77. The predicted octanol–water partition coefficient (Wildman–Crippen LogP) is -0.00300. The summed E-state index contributed by atoms with van der Waals surface area (Å²) in [5.74, 6) is -0.502. The Morgan fingerprint density at radius 1 is 1.37 bits per heavy atom. The van der Waals surface area contributed by atoms with Gasteiger partial charge in [0.2, 0.25) is 0 Å². The molecule has 0 saturated heterocycles. The summed E-state index contributed by atoms with van der Waals surface area (Å²) in [6.07, 6.45) is 2.47. The predicted molar refractivity (Wildman–Crippen MR) is 71.2 cm³/mol. The van der Waals surface area contributed by atoms with Crippen LogP contribution in [0.3, 0.4) is 0 Å². The standard InChI is InChI=1S/C12H19ClN2O4/c1-2-3-15-5-9(13)4-10(15)11(19)14-12(6-16,7-17)8-18/h4-5,16-18H,2-3,6-8H2,1H3,(H,14,19). The van der Waals surface area contributed by atoms with Crippen LogP contribution < -0.4 is 5.32 Å². The number of nitrogens with one attached hydrogen (secondary N) is 1. The maximum Gasteiger partial charge on any atom is 0.268 e. The van der Waals surface area contributed by atoms with E-state index in [1.807, 2.05) is 6.92 Å². The average molecular weight is 291 g/mol. The second-order valence-electron chi connectivity index (χ2n) is 4.45. The van der Waals surface area contributed by atoms with Crippen molar-refractivity contribution in [1.82, 2.24) is 9.88 Å². The SMILES string of the molecule is CCCn1cc(Cl)cc1C(=O)NC(CO)(CO)CO. The zero-order chi connectivity index (χ0) is 14.5. The van der Waals surface area contributed by atoms with E-state index in [0.29, 0.717) is 17.3 Å². The van der Waals surface area contributed by atoms with Gasteiger partial charge in [-0.1, -0.05) is 18.5 Å². The van der Waals surface area contributed by atoms with E-state index in [1.165, 1.54) is 6.07 Å². The highest BCUT2D eigenvalue weighted by atomic mass is 35.5. The molecule has 7 heteroatoms. The Morgan fingerprint density at radius 2 is 1.95 bits per heavy atom. The molecule has 0 fully saturated rings. The molecule has 19 heavy (non-hydrogen) atoms. The van der Waals surface area contributed by atoms with Crippen molar-refractivity contribution < 1.29 is 20.1 Å². The molecule has 0 atom stereocenters. The van der Waals surface area contributed by atoms with Gasteiger partial charge in [0.15, 0.2) is 0 Å². The maximum atomic E-state index is 12.1. The van der Waals surface area contributed by atoms with Gasteiger partial charge in [0.25, 0.3) is 5.91 Å². The van der Waals surface area contributed by atoms with Crippen LogP contribution in [0.2, 0.25) is 5.02 Å². The van der Waals surface area contributed by atoms with Gasteiger partial charge in [0.1, 0.15) is 11.2 Å². The number of amides is 1. The first kappa shape index (κ1) is 16.0. The van der Waals surface area contributed by atoms with E-state index >= 15 is 0 Å². The maximum absolute atomic E-state index is 12.1. The van der Waals surface area contributed by atoms with Gasteiger partial charge in [-0.05, 0) is 12.5 Å². The quantitative estimate of drug-likeness (QED) is 0.568. The Balaban J connectivity index is 2.94. The molecule has 1 aromatic rings. The van der Waals surface area contributed by atoms with Crippen molar-refractivity contribution in [3.05, 3.63) is 23.0 Å². The zero-order valence-corrected chi connectivity index (χ0v) is 11.5. The number of halogens is 1. The van der Waals surface area contributed by atoms with Gasteiger partial charge in [-0.25, -0.2) is 0 Å². The molecular formula is C12H19ClN2O4. The summed E-state index contributed by atoms with van der Waals surface area (Å²) in [5.41, 5.74) is -1.11. The highest BCUT2D eigenvalue weighted by Gasteiger charge is 2.31. The van der Waals surface area contributed by atoms with E-state index in [1.54, 1.807) is 10.8 Å². The number of nitrogens with zero attached hydrogens (tertiary/aromatic N) is 1. The fourth-order valence-electron chi connectivity index (χ4n) is 1.66. The van der Waals surface area contributed by atoms with Crippen LogP contribution in [-0.2, 0) is 6.54 Å². The minimum Gasteiger partial charge on any atom is -0.394 e. The molecule has 0 saturated carbocycles. The molecule has 108 valence electrons. The lowest BCUT2D eigenvalue weighted by atomic mass is 10.0. The van der Waals surface area contributed by atoms with Crippen molar-refractivity contribution in [2.45, 2.75) is 25.4 Å². The summed E-state index contributed by atoms with van der Waals surface area (Å²) in [6.45, 7) is 0.908. The summed E-state index contributed by atoms with van der Waals surface area (Å²) in [6, 6.07) is 1.50. The van der Waals surface area contributed by atoms with Crippen molar-refractivity contribution >= 4 is 17.5 Å². The topological polar surface area (TPSA) is 94.7 Å². The van der Waals surface area contributed by atoms with Gasteiger partial charge in [-0.3, -0.25) is 4.79 Å². The number of aliphatic hydroxyl groups is 3. The summed E-state index contributed by atoms with van der Waals surface area (Å²) >= 11 is 5.87. The highest BCUT2D eigenvalue weighted by molar-refractivity contribution is 6.31. The molecule has 0 radical (unpaired) electrons. The van der Waals surface area contributed by atoms with Gasteiger partial charge in [-0.2, -0.15) is 0 Å². The first-order valence-corrected chi connectivity index (χ1v) is 6.40. The number of hydrogen-bond acceptors (Lipinski definition) is 4. The third-order valence-corrected chi connectivity index (χ3v) is 3.05. The van der Waals surface area contributed by atoms with E-state index in [9.17, 15) is 20.1 Å². The van der Waals surface area contributed by atoms with E-state index in [0.717, 1.165) is 6.42 Å². The van der Waals surface area contributed by atoms with Crippen molar-refractivity contribution in [3.63, 3.8) is 0 Å². The molecule has 1 aromatic heterocycles. The minimum absolute atomic E-state index is 0.326. The summed E-state index contributed by atoms with van der Waals surface area (Å²) < 4.78 is 1.69. The highest BCUT2D eigenvalue weighted by Crippen LogP contribution is 2.16. The number of carbonyl (C=O) groups is 1. The van der Waals surface area contributed by atoms with Crippen LogP contribution >= 0.6 is 11.6 Å². The van der Waals surface area contributed by atoms with Crippen molar-refractivity contribution in [2.24, 2.45) is 0 Å². The Kier molecular flexibility index (Phi) is 5.81. The van der Waals surface area contributed by atoms with Crippen LogP contribution in [0.15, 0.2) is 12.3 Å². The van der Waals surface area contributed by atoms with Crippen LogP contribution in [0, 0.1) is 0 Å². The van der Waals surface area contributed by atoms with E-state index in [2.05, 4.69) is 5.32 Å². The van der Waals surface area contributed by atoms with E-state index < -0.39 is 31.3 Å².